The molecule has 0 spiro atoms. The van der Waals surface area contributed by atoms with E-state index < -0.39 is 11.6 Å². The molecule has 94 valence electrons. The molecule has 1 aliphatic rings. The van der Waals surface area contributed by atoms with Crippen LogP contribution in [-0.2, 0) is 0 Å². The average molecular weight is 240 g/mol. The highest BCUT2D eigenvalue weighted by atomic mass is 19.2. The first kappa shape index (κ1) is 12.5. The quantitative estimate of drug-likeness (QED) is 0.848. The maximum Gasteiger partial charge on any atom is 0.163 e. The third-order valence-corrected chi connectivity index (χ3v) is 3.38. The maximum atomic E-state index is 13.6. The number of rotatable bonds is 4. The van der Waals surface area contributed by atoms with Gasteiger partial charge in [0.05, 0.1) is 0 Å². The summed E-state index contributed by atoms with van der Waals surface area (Å²) in [4.78, 5) is 0. The topological polar surface area (TPSA) is 38.0 Å². The third-order valence-electron chi connectivity index (χ3n) is 3.38. The summed E-state index contributed by atoms with van der Waals surface area (Å²) in [5, 5.41) is 3.32. The van der Waals surface area contributed by atoms with Crippen molar-refractivity contribution in [1.82, 2.24) is 5.32 Å². The Labute approximate surface area is 100 Å². The van der Waals surface area contributed by atoms with E-state index in [4.69, 9.17) is 5.73 Å². The summed E-state index contributed by atoms with van der Waals surface area (Å²) in [5.74, 6) is -1.59. The summed E-state index contributed by atoms with van der Waals surface area (Å²) >= 11 is 0. The van der Waals surface area contributed by atoms with Crippen molar-refractivity contribution in [3.63, 3.8) is 0 Å². The Hall–Kier alpha value is -1.00. The molecule has 1 aromatic carbocycles. The molecule has 3 N–H and O–H groups in total. The van der Waals surface area contributed by atoms with Gasteiger partial charge in [-0.1, -0.05) is 25.0 Å². The summed E-state index contributed by atoms with van der Waals surface area (Å²) < 4.78 is 26.8. The van der Waals surface area contributed by atoms with E-state index >= 15 is 0 Å². The van der Waals surface area contributed by atoms with Crippen LogP contribution in [0.4, 0.5) is 8.78 Å². The van der Waals surface area contributed by atoms with E-state index in [2.05, 4.69) is 5.32 Å². The second-order valence-electron chi connectivity index (χ2n) is 4.58. The average Bonchev–Trinajstić information content (AvgIpc) is 2.83. The monoisotopic (exact) mass is 240 g/mol. The van der Waals surface area contributed by atoms with Crippen molar-refractivity contribution in [1.29, 1.82) is 0 Å². The Morgan fingerprint density at radius 3 is 2.65 bits per heavy atom. The van der Waals surface area contributed by atoms with E-state index in [0.717, 1.165) is 18.9 Å². The maximum absolute atomic E-state index is 13.6. The van der Waals surface area contributed by atoms with Gasteiger partial charge in [-0.3, -0.25) is 0 Å². The van der Waals surface area contributed by atoms with Crippen LogP contribution in [0, 0.1) is 11.6 Å². The van der Waals surface area contributed by atoms with Gasteiger partial charge in [-0.15, -0.1) is 0 Å². The second kappa shape index (κ2) is 5.56. The zero-order chi connectivity index (χ0) is 12.3. The molecule has 2 nitrogen and oxygen atoms in total. The van der Waals surface area contributed by atoms with Crippen LogP contribution in [0.1, 0.15) is 37.3 Å². The fourth-order valence-corrected chi connectivity index (χ4v) is 2.45. The predicted molar refractivity (Wildman–Crippen MR) is 63.5 cm³/mol. The lowest BCUT2D eigenvalue weighted by Gasteiger charge is -2.22. The van der Waals surface area contributed by atoms with Gasteiger partial charge in [0, 0.05) is 24.2 Å². The van der Waals surface area contributed by atoms with Crippen molar-refractivity contribution in [2.45, 2.75) is 37.8 Å². The van der Waals surface area contributed by atoms with Crippen molar-refractivity contribution in [3.8, 4) is 0 Å². The van der Waals surface area contributed by atoms with E-state index in [9.17, 15) is 8.78 Å². The normalized spacial score (nSPS) is 18.5. The molecule has 1 saturated carbocycles. The van der Waals surface area contributed by atoms with Gasteiger partial charge in [0.1, 0.15) is 0 Å². The molecular formula is C13H18F2N2. The molecule has 0 amide bonds. The van der Waals surface area contributed by atoms with Crippen molar-refractivity contribution in [3.05, 3.63) is 35.4 Å². The first-order chi connectivity index (χ1) is 8.22. The zero-order valence-electron chi connectivity index (χ0n) is 9.76. The van der Waals surface area contributed by atoms with Crippen LogP contribution in [0.2, 0.25) is 0 Å². The summed E-state index contributed by atoms with van der Waals surface area (Å²) in [6.45, 7) is 0.275. The van der Waals surface area contributed by atoms with Gasteiger partial charge in [-0.2, -0.15) is 0 Å². The summed E-state index contributed by atoms with van der Waals surface area (Å²) in [7, 11) is 0. The molecule has 0 saturated heterocycles. The number of hydrogen-bond acceptors (Lipinski definition) is 2. The fourth-order valence-electron chi connectivity index (χ4n) is 2.45. The Kier molecular flexibility index (Phi) is 4.07. The molecule has 1 aromatic rings. The molecule has 0 heterocycles. The summed E-state index contributed by atoms with van der Waals surface area (Å²) in [6, 6.07) is 4.33. The molecule has 0 radical (unpaired) electrons. The van der Waals surface area contributed by atoms with Gasteiger partial charge in [-0.05, 0) is 18.9 Å². The molecule has 0 bridgehead atoms. The number of nitrogens with two attached hydrogens (primary N) is 1. The molecule has 1 fully saturated rings. The van der Waals surface area contributed by atoms with E-state index in [0.29, 0.717) is 11.6 Å². The van der Waals surface area contributed by atoms with Gasteiger partial charge >= 0.3 is 0 Å². The molecule has 1 aliphatic carbocycles. The summed E-state index contributed by atoms with van der Waals surface area (Å²) in [5.41, 5.74) is 5.98. The van der Waals surface area contributed by atoms with Crippen molar-refractivity contribution in [2.75, 3.05) is 6.54 Å². The smallest absolute Gasteiger partial charge is 0.163 e. The lowest BCUT2D eigenvalue weighted by Crippen LogP contribution is -2.35. The Morgan fingerprint density at radius 1 is 1.29 bits per heavy atom. The first-order valence-corrected chi connectivity index (χ1v) is 6.12. The van der Waals surface area contributed by atoms with Crippen LogP contribution in [0.25, 0.3) is 0 Å². The van der Waals surface area contributed by atoms with Crippen LogP contribution in [-0.4, -0.2) is 12.6 Å². The molecule has 0 aromatic heterocycles. The molecule has 1 unspecified atom stereocenters. The third kappa shape index (κ3) is 2.82. The van der Waals surface area contributed by atoms with Crippen molar-refractivity contribution in [2.24, 2.45) is 5.73 Å². The van der Waals surface area contributed by atoms with Gasteiger partial charge < -0.3 is 11.1 Å². The van der Waals surface area contributed by atoms with E-state index in [-0.39, 0.29) is 12.6 Å². The highest BCUT2D eigenvalue weighted by Crippen LogP contribution is 2.24. The van der Waals surface area contributed by atoms with Crippen molar-refractivity contribution >= 4 is 0 Å². The van der Waals surface area contributed by atoms with Crippen LogP contribution in [0.5, 0.6) is 0 Å². The molecule has 17 heavy (non-hydrogen) atoms. The van der Waals surface area contributed by atoms with E-state index in [1.165, 1.54) is 18.9 Å². The van der Waals surface area contributed by atoms with Crippen LogP contribution in [0.3, 0.4) is 0 Å². The Morgan fingerprint density at radius 2 is 2.00 bits per heavy atom. The molecule has 0 aliphatic heterocycles. The van der Waals surface area contributed by atoms with E-state index in [1.807, 2.05) is 0 Å². The second-order valence-corrected chi connectivity index (χ2v) is 4.58. The van der Waals surface area contributed by atoms with Gasteiger partial charge in [0.25, 0.3) is 0 Å². The molecular weight excluding hydrogens is 222 g/mol. The Bertz CT molecular complexity index is 376. The van der Waals surface area contributed by atoms with Crippen molar-refractivity contribution < 1.29 is 8.78 Å². The fraction of sp³-hybridized carbons (Fsp3) is 0.538. The minimum atomic E-state index is -0.811. The first-order valence-electron chi connectivity index (χ1n) is 6.12. The van der Waals surface area contributed by atoms with Gasteiger partial charge in [0.15, 0.2) is 11.6 Å². The number of benzene rings is 1. The minimum Gasteiger partial charge on any atom is -0.329 e. The number of hydrogen-bond donors (Lipinski definition) is 2. The SMILES string of the molecule is NCC(NC1CCCC1)c1cccc(F)c1F. The predicted octanol–water partition coefficient (Wildman–Crippen LogP) is 2.50. The lowest BCUT2D eigenvalue weighted by molar-refractivity contribution is 0.419. The van der Waals surface area contributed by atoms with E-state index in [1.54, 1.807) is 6.07 Å². The number of nitrogens with one attached hydrogen (secondary N) is 1. The largest absolute Gasteiger partial charge is 0.329 e. The van der Waals surface area contributed by atoms with Crippen LogP contribution < -0.4 is 11.1 Å². The standard InChI is InChI=1S/C13H18F2N2/c14-11-7-3-6-10(13(11)15)12(8-16)17-9-4-1-2-5-9/h3,6-7,9,12,17H,1-2,4-5,8,16H2. The lowest BCUT2D eigenvalue weighted by atomic mass is 10.0. The molecule has 2 rings (SSSR count). The Balaban J connectivity index is 2.13. The molecule has 4 heteroatoms. The highest BCUT2D eigenvalue weighted by molar-refractivity contribution is 5.23. The van der Waals surface area contributed by atoms with Gasteiger partial charge in [-0.25, -0.2) is 8.78 Å². The highest BCUT2D eigenvalue weighted by Gasteiger charge is 2.22. The minimum absolute atomic E-state index is 0.275. The van der Waals surface area contributed by atoms with Crippen LogP contribution >= 0.6 is 0 Å². The van der Waals surface area contributed by atoms with Crippen LogP contribution in [0.15, 0.2) is 18.2 Å². The molecule has 1 atom stereocenters. The number of halogens is 2. The summed E-state index contributed by atoms with van der Waals surface area (Å²) in [6.07, 6.45) is 4.57. The van der Waals surface area contributed by atoms with Gasteiger partial charge in [0.2, 0.25) is 0 Å². The zero-order valence-corrected chi connectivity index (χ0v) is 9.76.